The van der Waals surface area contributed by atoms with Gasteiger partial charge >= 0.3 is 0 Å². The Morgan fingerprint density at radius 1 is 0.971 bits per heavy atom. The fraction of sp³-hybridized carbons (Fsp3) is 0.379. The lowest BCUT2D eigenvalue weighted by molar-refractivity contribution is -0.136. The number of aldehydes is 1. The molecule has 2 fully saturated rings. The lowest BCUT2D eigenvalue weighted by Crippen LogP contribution is -2.53. The number of nitrogens with zero attached hydrogens (tertiary/aromatic N) is 3. The van der Waals surface area contributed by atoms with Crippen LogP contribution in [0.3, 0.4) is 0 Å². The van der Waals surface area contributed by atoms with Crippen molar-refractivity contribution in [1.82, 2.24) is 9.88 Å². The molecule has 1 aromatic heterocycles. The average molecular weight is 468 g/mol. The van der Waals surface area contributed by atoms with Crippen LogP contribution < -0.4 is 4.90 Å². The van der Waals surface area contributed by atoms with Gasteiger partial charge in [-0.1, -0.05) is 48.9 Å². The van der Waals surface area contributed by atoms with Gasteiger partial charge in [-0.05, 0) is 49.4 Å². The standard InChI is InChI=1S/C29H29N3O3/c33-18-6-13-27(34)31(20-15-16-20)28-21-8-2-4-11-25(21)32(26-12-5-9-22(26)28)29(35)24-17-14-19-7-1-3-10-23(19)30-24/h1-4,7-8,10-11,14,17-18,20,22,26,28H,5-6,9,12-13,15-16H2. The molecule has 2 amide bonds. The Morgan fingerprint density at radius 2 is 1.77 bits per heavy atom. The number of pyridine rings is 1. The molecule has 2 aliphatic carbocycles. The maximum Gasteiger partial charge on any atom is 0.277 e. The van der Waals surface area contributed by atoms with Crippen LogP contribution in [0, 0.1) is 5.92 Å². The maximum absolute atomic E-state index is 14.0. The molecular weight excluding hydrogens is 438 g/mol. The average Bonchev–Trinajstić information content (AvgIpc) is 3.62. The summed E-state index contributed by atoms with van der Waals surface area (Å²) in [6, 6.07) is 19.9. The number of carbonyl (C=O) groups is 3. The second-order valence-electron chi connectivity index (χ2n) is 9.97. The summed E-state index contributed by atoms with van der Waals surface area (Å²) < 4.78 is 0. The zero-order chi connectivity index (χ0) is 23.9. The minimum absolute atomic E-state index is 0.0239. The van der Waals surface area contributed by atoms with Crippen molar-refractivity contribution in [2.75, 3.05) is 4.90 Å². The quantitative estimate of drug-likeness (QED) is 0.474. The summed E-state index contributed by atoms with van der Waals surface area (Å²) >= 11 is 0. The first-order valence-electron chi connectivity index (χ1n) is 12.7. The lowest BCUT2D eigenvalue weighted by Gasteiger charge is -2.47. The number of carbonyl (C=O) groups excluding carboxylic acids is 3. The number of para-hydroxylation sites is 2. The Morgan fingerprint density at radius 3 is 2.60 bits per heavy atom. The molecule has 2 saturated carbocycles. The second-order valence-corrected chi connectivity index (χ2v) is 9.97. The Balaban J connectivity index is 1.42. The van der Waals surface area contributed by atoms with E-state index in [1.807, 2.05) is 59.5 Å². The van der Waals surface area contributed by atoms with Gasteiger partial charge in [0.25, 0.3) is 5.91 Å². The zero-order valence-electron chi connectivity index (χ0n) is 19.7. The van der Waals surface area contributed by atoms with Crippen molar-refractivity contribution >= 4 is 34.7 Å². The predicted molar refractivity (Wildman–Crippen MR) is 134 cm³/mol. The van der Waals surface area contributed by atoms with Crippen LogP contribution >= 0.6 is 0 Å². The maximum atomic E-state index is 14.0. The van der Waals surface area contributed by atoms with Crippen LogP contribution in [0.4, 0.5) is 5.69 Å². The summed E-state index contributed by atoms with van der Waals surface area (Å²) in [5, 5.41) is 1.01. The molecule has 2 aromatic carbocycles. The van der Waals surface area contributed by atoms with Gasteiger partial charge in [-0.15, -0.1) is 0 Å². The highest BCUT2D eigenvalue weighted by Crippen LogP contribution is 2.52. The summed E-state index contributed by atoms with van der Waals surface area (Å²) in [5.74, 6) is 0.153. The molecule has 6 heteroatoms. The molecule has 0 radical (unpaired) electrons. The van der Waals surface area contributed by atoms with Crippen molar-refractivity contribution in [3.63, 3.8) is 0 Å². The summed E-state index contributed by atoms with van der Waals surface area (Å²) in [5.41, 5.74) is 3.18. The van der Waals surface area contributed by atoms with Crippen LogP contribution in [0.2, 0.25) is 0 Å². The van der Waals surface area contributed by atoms with E-state index in [4.69, 9.17) is 4.98 Å². The molecule has 6 rings (SSSR count). The van der Waals surface area contributed by atoms with E-state index in [1.165, 1.54) is 0 Å². The van der Waals surface area contributed by atoms with Gasteiger partial charge in [0.15, 0.2) is 0 Å². The third kappa shape index (κ3) is 3.81. The van der Waals surface area contributed by atoms with Gasteiger partial charge in [0.05, 0.1) is 11.6 Å². The van der Waals surface area contributed by atoms with Crippen LogP contribution in [-0.2, 0) is 9.59 Å². The monoisotopic (exact) mass is 467 g/mol. The number of fused-ring (bicyclic) bond motifs is 3. The van der Waals surface area contributed by atoms with Crippen molar-refractivity contribution in [1.29, 1.82) is 0 Å². The minimum Gasteiger partial charge on any atom is -0.332 e. The summed E-state index contributed by atoms with van der Waals surface area (Å²) in [6.07, 6.45) is 6.25. The SMILES string of the molecule is O=CCCC(=O)N(C1CC1)C1c2ccccc2N(C(=O)c2ccc3ccccc3n2)C2CCCC21. The normalized spacial score (nSPS) is 23.0. The van der Waals surface area contributed by atoms with Crippen molar-refractivity contribution in [3.05, 3.63) is 71.9 Å². The first-order valence-corrected chi connectivity index (χ1v) is 12.7. The van der Waals surface area contributed by atoms with Crippen molar-refractivity contribution < 1.29 is 14.4 Å². The fourth-order valence-corrected chi connectivity index (χ4v) is 6.20. The Kier molecular flexibility index (Phi) is 5.59. The second kappa shape index (κ2) is 8.91. The summed E-state index contributed by atoms with van der Waals surface area (Å²) in [6.45, 7) is 0. The fourth-order valence-electron chi connectivity index (χ4n) is 6.20. The number of hydrogen-bond acceptors (Lipinski definition) is 4. The zero-order valence-corrected chi connectivity index (χ0v) is 19.7. The minimum atomic E-state index is -0.0798. The van der Waals surface area contributed by atoms with E-state index in [1.54, 1.807) is 0 Å². The van der Waals surface area contributed by atoms with Crippen molar-refractivity contribution in [3.8, 4) is 0 Å². The van der Waals surface area contributed by atoms with E-state index >= 15 is 0 Å². The van der Waals surface area contributed by atoms with E-state index in [2.05, 4.69) is 11.0 Å². The highest BCUT2D eigenvalue weighted by Gasteiger charge is 2.51. The molecular formula is C29H29N3O3. The van der Waals surface area contributed by atoms with Gasteiger partial charge in [0.1, 0.15) is 12.0 Å². The molecule has 3 aliphatic rings. The van der Waals surface area contributed by atoms with Gasteiger partial charge in [-0.2, -0.15) is 0 Å². The van der Waals surface area contributed by atoms with Crippen LogP contribution in [0.25, 0.3) is 10.9 Å². The van der Waals surface area contributed by atoms with E-state index < -0.39 is 0 Å². The molecule has 0 N–H and O–H groups in total. The first-order chi connectivity index (χ1) is 17.2. The number of amides is 2. The lowest BCUT2D eigenvalue weighted by atomic mass is 9.81. The van der Waals surface area contributed by atoms with Gasteiger partial charge in [0, 0.05) is 41.9 Å². The molecule has 1 aliphatic heterocycles. The molecule has 3 atom stereocenters. The highest BCUT2D eigenvalue weighted by molar-refractivity contribution is 6.07. The predicted octanol–water partition coefficient (Wildman–Crippen LogP) is 5.08. The van der Waals surface area contributed by atoms with Crippen LogP contribution in [-0.4, -0.2) is 40.1 Å². The molecule has 0 bridgehead atoms. The number of benzene rings is 2. The van der Waals surface area contributed by atoms with Crippen molar-refractivity contribution in [2.45, 2.75) is 63.1 Å². The molecule has 3 unspecified atom stereocenters. The molecule has 35 heavy (non-hydrogen) atoms. The molecule has 0 saturated heterocycles. The molecule has 3 aromatic rings. The molecule has 0 spiro atoms. The number of rotatable bonds is 6. The van der Waals surface area contributed by atoms with E-state index in [9.17, 15) is 14.4 Å². The van der Waals surface area contributed by atoms with Crippen molar-refractivity contribution in [2.24, 2.45) is 5.92 Å². The first kappa shape index (κ1) is 22.0. The Hall–Kier alpha value is -3.54. The molecule has 2 heterocycles. The third-order valence-electron chi connectivity index (χ3n) is 7.82. The Labute approximate surface area is 204 Å². The van der Waals surface area contributed by atoms with Gasteiger partial charge in [0.2, 0.25) is 5.91 Å². The number of aromatic nitrogens is 1. The van der Waals surface area contributed by atoms with Crippen LogP contribution in [0.5, 0.6) is 0 Å². The smallest absolute Gasteiger partial charge is 0.277 e. The van der Waals surface area contributed by atoms with Gasteiger partial charge in [-0.25, -0.2) is 4.98 Å². The highest BCUT2D eigenvalue weighted by atomic mass is 16.2. The largest absolute Gasteiger partial charge is 0.332 e. The van der Waals surface area contributed by atoms with E-state index in [-0.39, 0.29) is 48.7 Å². The van der Waals surface area contributed by atoms with E-state index in [0.717, 1.165) is 60.5 Å². The van der Waals surface area contributed by atoms with Gasteiger partial charge in [-0.3, -0.25) is 9.59 Å². The summed E-state index contributed by atoms with van der Waals surface area (Å²) in [7, 11) is 0. The van der Waals surface area contributed by atoms with Gasteiger partial charge < -0.3 is 14.6 Å². The Bertz CT molecular complexity index is 1300. The third-order valence-corrected chi connectivity index (χ3v) is 7.82. The van der Waals surface area contributed by atoms with Crippen LogP contribution in [0.1, 0.15) is 67.0 Å². The molecule has 6 nitrogen and oxygen atoms in total. The summed E-state index contributed by atoms with van der Waals surface area (Å²) in [4.78, 5) is 47.0. The van der Waals surface area contributed by atoms with E-state index in [0.29, 0.717) is 5.69 Å². The van der Waals surface area contributed by atoms with Crippen LogP contribution in [0.15, 0.2) is 60.7 Å². The number of hydrogen-bond donors (Lipinski definition) is 0. The topological polar surface area (TPSA) is 70.6 Å². The molecule has 178 valence electrons. The number of anilines is 1.